The lowest BCUT2D eigenvalue weighted by molar-refractivity contribution is -0.216. The molecule has 2 heterocycles. The zero-order chi connectivity index (χ0) is 31.2. The molecule has 43 heavy (non-hydrogen) atoms. The molecule has 0 radical (unpaired) electrons. The number of aromatic nitrogens is 3. The standard InChI is InChI=1S/C27H25Cl2F3N4O7/c1-11(38)42-25-23(35-9-18(33-34-35)12-4-16(30)22(32)17(31)5-12)24(40)21(10-37)43-26(25)27(41)36(19-2-3-20(19)39)15-7-13(28)6-14(29)8-15/h4-9,19-21,23-26,37,39-40H,2-3,10H2,1H3/t19-,20-,21+,23-,24-,25+,26+/m0/s1. The number of ether oxygens (including phenoxy) is 2. The largest absolute Gasteiger partial charge is 0.457 e. The van der Waals surface area contributed by atoms with Gasteiger partial charge < -0.3 is 29.7 Å². The Morgan fingerprint density at radius 3 is 2.28 bits per heavy atom. The lowest BCUT2D eigenvalue weighted by atomic mass is 9.85. The van der Waals surface area contributed by atoms with Crippen molar-refractivity contribution in [3.8, 4) is 11.3 Å². The van der Waals surface area contributed by atoms with Gasteiger partial charge in [-0.05, 0) is 43.2 Å². The number of rotatable bonds is 7. The number of aliphatic hydroxyl groups excluding tert-OH is 3. The second kappa shape index (κ2) is 12.4. The van der Waals surface area contributed by atoms with Crippen LogP contribution in [0.15, 0.2) is 36.5 Å². The van der Waals surface area contributed by atoms with Crippen molar-refractivity contribution in [3.63, 3.8) is 0 Å². The third-order valence-corrected chi connectivity index (χ3v) is 7.84. The lowest BCUT2D eigenvalue weighted by Gasteiger charge is -2.47. The summed E-state index contributed by atoms with van der Waals surface area (Å²) in [4.78, 5) is 27.7. The number of carbonyl (C=O) groups excluding carboxylic acids is 2. The molecule has 2 aromatic carbocycles. The van der Waals surface area contributed by atoms with Crippen LogP contribution < -0.4 is 4.90 Å². The Kier molecular flexibility index (Phi) is 8.97. The molecule has 1 aliphatic carbocycles. The highest BCUT2D eigenvalue weighted by Gasteiger charge is 2.54. The number of carbonyl (C=O) groups is 2. The van der Waals surface area contributed by atoms with Crippen LogP contribution in [0.2, 0.25) is 10.0 Å². The highest BCUT2D eigenvalue weighted by molar-refractivity contribution is 6.35. The predicted molar refractivity (Wildman–Crippen MR) is 145 cm³/mol. The summed E-state index contributed by atoms with van der Waals surface area (Å²) in [6.07, 6.45) is -5.29. The highest BCUT2D eigenvalue weighted by atomic mass is 35.5. The number of esters is 1. The van der Waals surface area contributed by atoms with Gasteiger partial charge in [-0.2, -0.15) is 0 Å². The summed E-state index contributed by atoms with van der Waals surface area (Å²) in [6, 6.07) is 3.57. The molecule has 0 unspecified atom stereocenters. The molecule has 1 aromatic heterocycles. The van der Waals surface area contributed by atoms with Gasteiger partial charge in [0.25, 0.3) is 5.91 Å². The second-order valence-electron chi connectivity index (χ2n) is 10.2. The number of hydrogen-bond acceptors (Lipinski definition) is 9. The van der Waals surface area contributed by atoms with E-state index >= 15 is 0 Å². The first kappa shape index (κ1) is 31.2. The van der Waals surface area contributed by atoms with Gasteiger partial charge in [0.1, 0.15) is 23.9 Å². The Bertz CT molecular complexity index is 1500. The van der Waals surface area contributed by atoms with Crippen LogP contribution in [0.3, 0.4) is 0 Å². The van der Waals surface area contributed by atoms with Crippen molar-refractivity contribution in [2.75, 3.05) is 11.5 Å². The third kappa shape index (κ3) is 6.08. The average molecular weight is 645 g/mol. The first-order chi connectivity index (χ1) is 20.4. The van der Waals surface area contributed by atoms with Crippen LogP contribution in [0.5, 0.6) is 0 Å². The molecule has 1 saturated carbocycles. The third-order valence-electron chi connectivity index (χ3n) is 7.40. The first-order valence-electron chi connectivity index (χ1n) is 13.0. The minimum Gasteiger partial charge on any atom is -0.457 e. The van der Waals surface area contributed by atoms with Crippen molar-refractivity contribution >= 4 is 40.8 Å². The van der Waals surface area contributed by atoms with Gasteiger partial charge in [0.2, 0.25) is 0 Å². The zero-order valence-corrected chi connectivity index (χ0v) is 23.8. The number of halogens is 5. The summed E-state index contributed by atoms with van der Waals surface area (Å²) < 4.78 is 53.6. The molecule has 16 heteroatoms. The predicted octanol–water partition coefficient (Wildman–Crippen LogP) is 2.82. The van der Waals surface area contributed by atoms with E-state index in [4.69, 9.17) is 32.7 Å². The van der Waals surface area contributed by atoms with Crippen molar-refractivity contribution < 1.29 is 47.6 Å². The zero-order valence-electron chi connectivity index (χ0n) is 22.3. The molecule has 1 aliphatic heterocycles. The fraction of sp³-hybridized carbons (Fsp3) is 0.407. The van der Waals surface area contributed by atoms with Gasteiger partial charge in [0, 0.05) is 28.2 Å². The number of aliphatic hydroxyl groups is 3. The molecule has 230 valence electrons. The van der Waals surface area contributed by atoms with Crippen LogP contribution in [0, 0.1) is 17.5 Å². The van der Waals surface area contributed by atoms with Crippen LogP contribution in [0.1, 0.15) is 25.8 Å². The molecule has 5 rings (SSSR count). The van der Waals surface area contributed by atoms with Crippen LogP contribution in [-0.4, -0.2) is 85.4 Å². The maximum atomic E-state index is 14.3. The molecule has 0 bridgehead atoms. The fourth-order valence-electron chi connectivity index (χ4n) is 5.24. The van der Waals surface area contributed by atoms with Gasteiger partial charge in [0.15, 0.2) is 29.7 Å². The van der Waals surface area contributed by atoms with Gasteiger partial charge in [-0.1, -0.05) is 28.4 Å². The lowest BCUT2D eigenvalue weighted by Crippen LogP contribution is -2.64. The van der Waals surface area contributed by atoms with Crippen molar-refractivity contribution in [3.05, 3.63) is 64.0 Å². The summed E-state index contributed by atoms with van der Waals surface area (Å²) >= 11 is 12.4. The number of benzene rings is 2. The van der Waals surface area contributed by atoms with E-state index in [1.807, 2.05) is 0 Å². The summed E-state index contributed by atoms with van der Waals surface area (Å²) in [6.45, 7) is 0.281. The number of anilines is 1. The molecule has 2 aliphatic rings. The molecule has 1 saturated heterocycles. The minimum atomic E-state index is -1.68. The molecular formula is C27H25Cl2F3N4O7. The molecule has 7 atom stereocenters. The van der Waals surface area contributed by atoms with Crippen LogP contribution in [0.25, 0.3) is 11.3 Å². The van der Waals surface area contributed by atoms with Gasteiger partial charge in [0.05, 0.1) is 24.9 Å². The SMILES string of the molecule is CC(=O)O[C@@H]1[C@@H](n2cc(-c3cc(F)c(F)c(F)c3)nn2)[C@@H](O)[C@@H](CO)O[C@H]1C(=O)N(c1cc(Cl)cc(Cl)c1)[C@H]1CC[C@@H]1O. The Labute approximate surface area is 252 Å². The molecule has 11 nitrogen and oxygen atoms in total. The van der Waals surface area contributed by atoms with Gasteiger partial charge >= 0.3 is 5.97 Å². The Morgan fingerprint density at radius 2 is 1.74 bits per heavy atom. The summed E-state index contributed by atoms with van der Waals surface area (Å²) in [5.74, 6) is -6.31. The number of amides is 1. The smallest absolute Gasteiger partial charge is 0.303 e. The van der Waals surface area contributed by atoms with Crippen LogP contribution in [-0.2, 0) is 19.1 Å². The topological polar surface area (TPSA) is 147 Å². The van der Waals surface area contributed by atoms with E-state index < -0.39 is 78.5 Å². The van der Waals surface area contributed by atoms with E-state index in [2.05, 4.69) is 10.3 Å². The van der Waals surface area contributed by atoms with Crippen molar-refractivity contribution in [2.45, 2.75) is 62.4 Å². The molecule has 3 aromatic rings. The Hall–Kier alpha value is -3.27. The normalized spacial score (nSPS) is 27.0. The average Bonchev–Trinajstić information content (AvgIpc) is 3.42. The highest BCUT2D eigenvalue weighted by Crippen LogP contribution is 2.38. The van der Waals surface area contributed by atoms with E-state index in [-0.39, 0.29) is 27.0 Å². The van der Waals surface area contributed by atoms with Gasteiger partial charge in [-0.3, -0.25) is 9.59 Å². The van der Waals surface area contributed by atoms with Gasteiger partial charge in [-0.25, -0.2) is 17.9 Å². The van der Waals surface area contributed by atoms with Gasteiger partial charge in [-0.15, -0.1) is 5.10 Å². The fourth-order valence-corrected chi connectivity index (χ4v) is 5.76. The molecule has 0 spiro atoms. The monoisotopic (exact) mass is 644 g/mol. The van der Waals surface area contributed by atoms with Crippen molar-refractivity contribution in [1.82, 2.24) is 15.0 Å². The maximum Gasteiger partial charge on any atom is 0.303 e. The Balaban J connectivity index is 1.57. The minimum absolute atomic E-state index is 0.144. The second-order valence-corrected chi connectivity index (χ2v) is 11.1. The van der Waals surface area contributed by atoms with Crippen LogP contribution >= 0.6 is 23.2 Å². The molecule has 1 amide bonds. The van der Waals surface area contributed by atoms with E-state index in [1.54, 1.807) is 0 Å². The number of nitrogens with zero attached hydrogens (tertiary/aromatic N) is 4. The summed E-state index contributed by atoms with van der Waals surface area (Å²) in [5, 5.41) is 39.9. The molecule has 3 N–H and O–H groups in total. The van der Waals surface area contributed by atoms with Crippen LogP contribution in [0.4, 0.5) is 18.9 Å². The quantitative estimate of drug-likeness (QED) is 0.261. The van der Waals surface area contributed by atoms with Crippen molar-refractivity contribution in [2.24, 2.45) is 0 Å². The summed E-state index contributed by atoms with van der Waals surface area (Å²) in [5.41, 5.74) is -0.125. The van der Waals surface area contributed by atoms with E-state index in [0.717, 1.165) is 17.8 Å². The molecular weight excluding hydrogens is 620 g/mol. The maximum absolute atomic E-state index is 14.3. The first-order valence-corrected chi connectivity index (χ1v) is 13.8. The Morgan fingerprint density at radius 1 is 1.09 bits per heavy atom. The van der Waals surface area contributed by atoms with E-state index in [9.17, 15) is 38.1 Å². The number of hydrogen-bond donors (Lipinski definition) is 3. The van der Waals surface area contributed by atoms with E-state index in [0.29, 0.717) is 25.0 Å². The van der Waals surface area contributed by atoms with E-state index in [1.165, 1.54) is 23.1 Å². The van der Waals surface area contributed by atoms with Crippen molar-refractivity contribution in [1.29, 1.82) is 0 Å². The summed E-state index contributed by atoms with van der Waals surface area (Å²) in [7, 11) is 0. The molecule has 2 fully saturated rings.